The van der Waals surface area contributed by atoms with Crippen LogP contribution in [0.15, 0.2) is 18.2 Å². The third-order valence-corrected chi connectivity index (χ3v) is 3.80. The molecule has 1 fully saturated rings. The minimum atomic E-state index is 0.304. The molecule has 0 heterocycles. The van der Waals surface area contributed by atoms with Crippen LogP contribution in [0.2, 0.25) is 0 Å². The van der Waals surface area contributed by atoms with Gasteiger partial charge in [-0.2, -0.15) is 0 Å². The Hall–Kier alpha value is -1.26. The highest BCUT2D eigenvalue weighted by molar-refractivity contribution is 5.42. The highest BCUT2D eigenvalue weighted by atomic mass is 16.5. The van der Waals surface area contributed by atoms with E-state index in [4.69, 9.17) is 19.9 Å². The van der Waals surface area contributed by atoms with Crippen LogP contribution in [0, 0.1) is 5.92 Å². The maximum atomic E-state index is 5.99. The molecular formula is C15H23NO3. The van der Waals surface area contributed by atoms with Crippen molar-refractivity contribution in [2.75, 3.05) is 20.8 Å². The maximum absolute atomic E-state index is 5.99. The van der Waals surface area contributed by atoms with E-state index in [1.807, 2.05) is 18.2 Å². The molecule has 0 aromatic heterocycles. The van der Waals surface area contributed by atoms with E-state index in [1.165, 1.54) is 12.8 Å². The molecule has 19 heavy (non-hydrogen) atoms. The van der Waals surface area contributed by atoms with E-state index in [1.54, 1.807) is 14.2 Å². The quantitative estimate of drug-likeness (QED) is 0.858. The van der Waals surface area contributed by atoms with E-state index in [2.05, 4.69) is 0 Å². The van der Waals surface area contributed by atoms with Crippen molar-refractivity contribution in [3.8, 4) is 11.5 Å². The first-order valence-corrected chi connectivity index (χ1v) is 6.81. The van der Waals surface area contributed by atoms with Crippen LogP contribution in [0.1, 0.15) is 24.8 Å². The average molecular weight is 265 g/mol. The van der Waals surface area contributed by atoms with Crippen LogP contribution in [0.25, 0.3) is 0 Å². The van der Waals surface area contributed by atoms with Crippen LogP contribution in [0.4, 0.5) is 0 Å². The van der Waals surface area contributed by atoms with Gasteiger partial charge in [0.1, 0.15) is 0 Å². The van der Waals surface area contributed by atoms with Crippen LogP contribution in [-0.2, 0) is 11.3 Å². The second-order valence-corrected chi connectivity index (χ2v) is 4.97. The molecule has 2 rings (SSSR count). The second kappa shape index (κ2) is 6.78. The lowest BCUT2D eigenvalue weighted by Gasteiger charge is -2.19. The minimum absolute atomic E-state index is 0.304. The number of rotatable bonds is 6. The summed E-state index contributed by atoms with van der Waals surface area (Å²) < 4.78 is 16.5. The van der Waals surface area contributed by atoms with Gasteiger partial charge in [-0.1, -0.05) is 12.5 Å². The Morgan fingerprint density at radius 2 is 1.95 bits per heavy atom. The fourth-order valence-corrected chi connectivity index (χ4v) is 2.67. The molecule has 2 atom stereocenters. The molecule has 0 radical (unpaired) electrons. The standard InChI is InChI=1S/C15H23NO3/c1-17-14-7-6-11(8-15(14)18-2)10-19-13-5-3-4-12(13)9-16/h6-8,12-13H,3-5,9-10,16H2,1-2H3. The average Bonchev–Trinajstić information content (AvgIpc) is 2.92. The highest BCUT2D eigenvalue weighted by Gasteiger charge is 2.26. The SMILES string of the molecule is COc1ccc(COC2CCCC2CN)cc1OC. The van der Waals surface area contributed by atoms with E-state index in [9.17, 15) is 0 Å². The number of ether oxygens (including phenoxy) is 3. The second-order valence-electron chi connectivity index (χ2n) is 4.97. The van der Waals surface area contributed by atoms with Crippen molar-refractivity contribution < 1.29 is 14.2 Å². The summed E-state index contributed by atoms with van der Waals surface area (Å²) in [5, 5.41) is 0. The van der Waals surface area contributed by atoms with Gasteiger partial charge in [0, 0.05) is 0 Å². The Balaban J connectivity index is 1.96. The molecule has 4 nitrogen and oxygen atoms in total. The number of nitrogens with two attached hydrogens (primary N) is 1. The summed E-state index contributed by atoms with van der Waals surface area (Å²) in [7, 11) is 3.28. The minimum Gasteiger partial charge on any atom is -0.493 e. The molecule has 1 aliphatic carbocycles. The van der Waals surface area contributed by atoms with Gasteiger partial charge < -0.3 is 19.9 Å². The summed E-state index contributed by atoms with van der Waals surface area (Å²) in [4.78, 5) is 0. The van der Waals surface area contributed by atoms with Crippen molar-refractivity contribution in [2.45, 2.75) is 32.0 Å². The molecule has 2 unspecified atom stereocenters. The van der Waals surface area contributed by atoms with Gasteiger partial charge in [0.15, 0.2) is 11.5 Å². The molecule has 0 saturated heterocycles. The van der Waals surface area contributed by atoms with E-state index in [0.29, 0.717) is 18.6 Å². The summed E-state index contributed by atoms with van der Waals surface area (Å²) in [6.07, 6.45) is 3.83. The molecule has 1 aliphatic rings. The molecule has 1 aromatic carbocycles. The first kappa shape index (κ1) is 14.2. The lowest BCUT2D eigenvalue weighted by molar-refractivity contribution is 0.0182. The van der Waals surface area contributed by atoms with Gasteiger partial charge in [-0.15, -0.1) is 0 Å². The van der Waals surface area contributed by atoms with Crippen LogP contribution >= 0.6 is 0 Å². The highest BCUT2D eigenvalue weighted by Crippen LogP contribution is 2.30. The Morgan fingerprint density at radius 1 is 1.16 bits per heavy atom. The van der Waals surface area contributed by atoms with Crippen molar-refractivity contribution >= 4 is 0 Å². The van der Waals surface area contributed by atoms with Crippen LogP contribution in [0.5, 0.6) is 11.5 Å². The Morgan fingerprint density at radius 3 is 2.63 bits per heavy atom. The number of benzene rings is 1. The normalized spacial score (nSPS) is 22.5. The van der Waals surface area contributed by atoms with Crippen molar-refractivity contribution in [1.82, 2.24) is 0 Å². The topological polar surface area (TPSA) is 53.7 Å². The van der Waals surface area contributed by atoms with Gasteiger partial charge in [-0.25, -0.2) is 0 Å². The largest absolute Gasteiger partial charge is 0.493 e. The maximum Gasteiger partial charge on any atom is 0.161 e. The smallest absolute Gasteiger partial charge is 0.161 e. The predicted octanol–water partition coefficient (Wildman–Crippen LogP) is 2.35. The zero-order valence-corrected chi connectivity index (χ0v) is 11.7. The van der Waals surface area contributed by atoms with Gasteiger partial charge >= 0.3 is 0 Å². The van der Waals surface area contributed by atoms with E-state index in [0.717, 1.165) is 30.0 Å². The molecular weight excluding hydrogens is 242 g/mol. The number of hydrogen-bond donors (Lipinski definition) is 1. The van der Waals surface area contributed by atoms with E-state index >= 15 is 0 Å². The summed E-state index contributed by atoms with van der Waals surface area (Å²) in [6.45, 7) is 1.32. The summed E-state index contributed by atoms with van der Waals surface area (Å²) in [6, 6.07) is 5.88. The molecule has 2 N–H and O–H groups in total. The molecule has 0 bridgehead atoms. The monoisotopic (exact) mass is 265 g/mol. The summed E-state index contributed by atoms with van der Waals surface area (Å²) in [5.41, 5.74) is 6.86. The summed E-state index contributed by atoms with van der Waals surface area (Å²) in [5.74, 6) is 2.00. The fraction of sp³-hybridized carbons (Fsp3) is 0.600. The van der Waals surface area contributed by atoms with Gasteiger partial charge in [-0.05, 0) is 43.0 Å². The molecule has 0 aliphatic heterocycles. The van der Waals surface area contributed by atoms with Gasteiger partial charge in [-0.3, -0.25) is 0 Å². The van der Waals surface area contributed by atoms with Gasteiger partial charge in [0.25, 0.3) is 0 Å². The first-order chi connectivity index (χ1) is 9.28. The Labute approximate surface area is 114 Å². The zero-order chi connectivity index (χ0) is 13.7. The lowest BCUT2D eigenvalue weighted by atomic mass is 10.1. The first-order valence-electron chi connectivity index (χ1n) is 6.81. The molecule has 1 saturated carbocycles. The van der Waals surface area contributed by atoms with Crippen LogP contribution < -0.4 is 15.2 Å². The van der Waals surface area contributed by atoms with E-state index < -0.39 is 0 Å². The Kier molecular flexibility index (Phi) is 5.05. The van der Waals surface area contributed by atoms with Crippen molar-refractivity contribution in [1.29, 1.82) is 0 Å². The van der Waals surface area contributed by atoms with Crippen molar-refractivity contribution in [3.05, 3.63) is 23.8 Å². The molecule has 106 valence electrons. The van der Waals surface area contributed by atoms with Crippen molar-refractivity contribution in [2.24, 2.45) is 11.7 Å². The lowest BCUT2D eigenvalue weighted by Crippen LogP contribution is -2.25. The molecule has 0 spiro atoms. The summed E-state index contributed by atoms with van der Waals surface area (Å²) >= 11 is 0. The zero-order valence-electron chi connectivity index (χ0n) is 11.7. The third-order valence-electron chi connectivity index (χ3n) is 3.80. The Bertz CT molecular complexity index is 408. The van der Waals surface area contributed by atoms with Crippen LogP contribution in [0.3, 0.4) is 0 Å². The van der Waals surface area contributed by atoms with Gasteiger partial charge in [0.05, 0.1) is 26.9 Å². The van der Waals surface area contributed by atoms with Crippen LogP contribution in [-0.4, -0.2) is 26.9 Å². The van der Waals surface area contributed by atoms with Gasteiger partial charge in [0.2, 0.25) is 0 Å². The predicted molar refractivity (Wildman–Crippen MR) is 74.5 cm³/mol. The molecule has 1 aromatic rings. The molecule has 0 amide bonds. The van der Waals surface area contributed by atoms with Crippen molar-refractivity contribution in [3.63, 3.8) is 0 Å². The number of methoxy groups -OCH3 is 2. The fourth-order valence-electron chi connectivity index (χ4n) is 2.67. The third kappa shape index (κ3) is 3.39. The van der Waals surface area contributed by atoms with E-state index in [-0.39, 0.29) is 0 Å². The molecule has 4 heteroatoms. The number of hydrogen-bond acceptors (Lipinski definition) is 4.